The Morgan fingerprint density at radius 3 is 2.56 bits per heavy atom. The Balaban J connectivity index is 2.83. The van der Waals surface area contributed by atoms with E-state index in [-0.39, 0.29) is 16.9 Å². The highest BCUT2D eigenvalue weighted by molar-refractivity contribution is 7.89. The van der Waals surface area contributed by atoms with E-state index in [1.807, 2.05) is 6.92 Å². The Hall–Kier alpha value is -1.08. The second-order valence-electron chi connectivity index (χ2n) is 4.82. The number of hydrogen-bond donors (Lipinski definition) is 2. The summed E-state index contributed by atoms with van der Waals surface area (Å²) in [6.45, 7) is 6.05. The van der Waals surface area contributed by atoms with Crippen LogP contribution in [0.5, 0.6) is 0 Å². The summed E-state index contributed by atoms with van der Waals surface area (Å²) >= 11 is 0. The molecule has 0 spiro atoms. The van der Waals surface area contributed by atoms with Crippen LogP contribution in [0.1, 0.15) is 33.6 Å². The Bertz CT molecular complexity index is 476. The smallest absolute Gasteiger partial charge is 0.260 e. The fourth-order valence-corrected chi connectivity index (χ4v) is 3.40. The van der Waals surface area contributed by atoms with Crippen molar-refractivity contribution in [2.24, 2.45) is 13.0 Å². The molecule has 104 valence electrons. The number of imidazole rings is 1. The van der Waals surface area contributed by atoms with Gasteiger partial charge in [-0.3, -0.25) is 0 Å². The minimum absolute atomic E-state index is 0.0264. The molecule has 6 nitrogen and oxygen atoms in total. The van der Waals surface area contributed by atoms with Crippen LogP contribution in [0, 0.1) is 5.92 Å². The lowest BCUT2D eigenvalue weighted by atomic mass is 10.0. The van der Waals surface area contributed by atoms with Crippen molar-refractivity contribution in [3.05, 3.63) is 6.33 Å². The van der Waals surface area contributed by atoms with Crippen molar-refractivity contribution < 1.29 is 8.42 Å². The normalized spacial score (nSPS) is 15.6. The average Bonchev–Trinajstić information content (AvgIpc) is 2.57. The lowest BCUT2D eigenvalue weighted by molar-refractivity contribution is 0.444. The number of nitrogen functional groups attached to an aromatic ring is 1. The first-order valence-electron chi connectivity index (χ1n) is 6.07. The highest BCUT2D eigenvalue weighted by atomic mass is 32.2. The molecule has 0 aliphatic carbocycles. The summed E-state index contributed by atoms with van der Waals surface area (Å²) in [5.41, 5.74) is 5.58. The van der Waals surface area contributed by atoms with Gasteiger partial charge in [0.25, 0.3) is 10.0 Å². The molecule has 0 saturated heterocycles. The van der Waals surface area contributed by atoms with E-state index in [0.717, 1.165) is 12.8 Å². The van der Waals surface area contributed by atoms with Gasteiger partial charge < -0.3 is 10.3 Å². The standard InChI is InChI=1S/C11H22N4O2S/c1-5-8(2)6-9(3)14-18(16,17)11-10(12)13-7-15(11)4/h7-9,14H,5-6,12H2,1-4H3. The molecule has 0 fully saturated rings. The molecule has 1 heterocycles. The van der Waals surface area contributed by atoms with Gasteiger partial charge in [0.15, 0.2) is 10.8 Å². The minimum atomic E-state index is -3.61. The van der Waals surface area contributed by atoms with E-state index < -0.39 is 10.0 Å². The van der Waals surface area contributed by atoms with Crippen molar-refractivity contribution in [1.82, 2.24) is 14.3 Å². The summed E-state index contributed by atoms with van der Waals surface area (Å²) < 4.78 is 28.4. The Labute approximate surface area is 109 Å². The maximum atomic E-state index is 12.2. The van der Waals surface area contributed by atoms with Gasteiger partial charge in [-0.25, -0.2) is 18.1 Å². The maximum Gasteiger partial charge on any atom is 0.260 e. The number of aryl methyl sites for hydroxylation is 1. The monoisotopic (exact) mass is 274 g/mol. The van der Waals surface area contributed by atoms with Crippen molar-refractivity contribution in [3.8, 4) is 0 Å². The predicted molar refractivity (Wildman–Crippen MR) is 71.5 cm³/mol. The first kappa shape index (κ1) is 15.0. The molecule has 1 aromatic heterocycles. The molecule has 1 rings (SSSR count). The number of hydrogen-bond acceptors (Lipinski definition) is 4. The van der Waals surface area contributed by atoms with Crippen LogP contribution in [0.3, 0.4) is 0 Å². The van der Waals surface area contributed by atoms with Gasteiger partial charge in [-0.05, 0) is 19.3 Å². The largest absolute Gasteiger partial charge is 0.381 e. The summed E-state index contributed by atoms with van der Waals surface area (Å²) in [6.07, 6.45) is 3.22. The van der Waals surface area contributed by atoms with Crippen LogP contribution in [-0.2, 0) is 17.1 Å². The number of anilines is 1. The second-order valence-corrected chi connectivity index (χ2v) is 6.45. The van der Waals surface area contributed by atoms with Crippen LogP contribution in [-0.4, -0.2) is 24.0 Å². The highest BCUT2D eigenvalue weighted by Crippen LogP contribution is 2.17. The van der Waals surface area contributed by atoms with Crippen LogP contribution >= 0.6 is 0 Å². The summed E-state index contributed by atoms with van der Waals surface area (Å²) in [5.74, 6) is 0.507. The lowest BCUT2D eigenvalue weighted by Crippen LogP contribution is -2.35. The fourth-order valence-electron chi connectivity index (χ4n) is 1.90. The molecule has 0 radical (unpaired) electrons. The third-order valence-corrected chi connectivity index (χ3v) is 4.69. The molecule has 2 atom stereocenters. The zero-order chi connectivity index (χ0) is 13.9. The third-order valence-electron chi connectivity index (χ3n) is 2.97. The molecule has 3 N–H and O–H groups in total. The first-order chi connectivity index (χ1) is 8.27. The van der Waals surface area contributed by atoms with Crippen molar-refractivity contribution in [2.75, 3.05) is 5.73 Å². The number of rotatable bonds is 6. The zero-order valence-corrected chi connectivity index (χ0v) is 12.2. The molecule has 0 saturated carbocycles. The van der Waals surface area contributed by atoms with E-state index >= 15 is 0 Å². The maximum absolute atomic E-state index is 12.2. The Morgan fingerprint density at radius 1 is 1.50 bits per heavy atom. The first-order valence-corrected chi connectivity index (χ1v) is 7.55. The minimum Gasteiger partial charge on any atom is -0.381 e. The zero-order valence-electron chi connectivity index (χ0n) is 11.3. The molecular weight excluding hydrogens is 252 g/mol. The van der Waals surface area contributed by atoms with Gasteiger partial charge in [-0.2, -0.15) is 0 Å². The molecule has 7 heteroatoms. The molecule has 0 aromatic carbocycles. The predicted octanol–water partition coefficient (Wildman–Crippen LogP) is 1.11. The van der Waals surface area contributed by atoms with E-state index in [0.29, 0.717) is 5.92 Å². The van der Waals surface area contributed by atoms with Crippen LogP contribution in [0.15, 0.2) is 11.4 Å². The van der Waals surface area contributed by atoms with Gasteiger partial charge in [0.1, 0.15) is 0 Å². The number of sulfonamides is 1. The molecule has 0 aliphatic rings. The number of nitrogens with zero attached hydrogens (tertiary/aromatic N) is 2. The van der Waals surface area contributed by atoms with Crippen molar-refractivity contribution in [3.63, 3.8) is 0 Å². The van der Waals surface area contributed by atoms with Crippen molar-refractivity contribution in [2.45, 2.75) is 44.7 Å². The van der Waals surface area contributed by atoms with Gasteiger partial charge in [-0.15, -0.1) is 0 Å². The summed E-state index contributed by atoms with van der Waals surface area (Å²) in [7, 11) is -2.00. The van der Waals surface area contributed by atoms with Gasteiger partial charge in [0.05, 0.1) is 6.33 Å². The lowest BCUT2D eigenvalue weighted by Gasteiger charge is -2.17. The van der Waals surface area contributed by atoms with E-state index in [1.165, 1.54) is 10.9 Å². The van der Waals surface area contributed by atoms with E-state index in [2.05, 4.69) is 23.6 Å². The number of nitrogens with one attached hydrogen (secondary N) is 1. The molecule has 0 aliphatic heterocycles. The Kier molecular flexibility index (Phi) is 4.75. The van der Waals surface area contributed by atoms with E-state index in [9.17, 15) is 8.42 Å². The topological polar surface area (TPSA) is 90.0 Å². The number of nitrogens with two attached hydrogens (primary N) is 1. The Morgan fingerprint density at radius 2 is 2.11 bits per heavy atom. The van der Waals surface area contributed by atoms with E-state index in [4.69, 9.17) is 5.73 Å². The fraction of sp³-hybridized carbons (Fsp3) is 0.727. The van der Waals surface area contributed by atoms with Crippen LogP contribution in [0.4, 0.5) is 5.82 Å². The molecule has 18 heavy (non-hydrogen) atoms. The third kappa shape index (κ3) is 3.46. The SMILES string of the molecule is CCC(C)CC(C)NS(=O)(=O)c1c(N)ncn1C. The molecule has 1 aromatic rings. The summed E-state index contributed by atoms with van der Waals surface area (Å²) in [6, 6.07) is -0.126. The molecular formula is C11H22N4O2S. The van der Waals surface area contributed by atoms with Crippen LogP contribution in [0.25, 0.3) is 0 Å². The number of aromatic nitrogens is 2. The molecule has 2 unspecified atom stereocenters. The van der Waals surface area contributed by atoms with Crippen LogP contribution in [0.2, 0.25) is 0 Å². The quantitative estimate of drug-likeness (QED) is 0.813. The molecule has 0 bridgehead atoms. The summed E-state index contributed by atoms with van der Waals surface area (Å²) in [4.78, 5) is 3.79. The summed E-state index contributed by atoms with van der Waals surface area (Å²) in [5, 5.41) is 0.0264. The van der Waals surface area contributed by atoms with Gasteiger partial charge >= 0.3 is 0 Å². The van der Waals surface area contributed by atoms with Gasteiger partial charge in [0, 0.05) is 13.1 Å². The van der Waals surface area contributed by atoms with Gasteiger partial charge in [-0.1, -0.05) is 20.3 Å². The van der Waals surface area contributed by atoms with Crippen molar-refractivity contribution in [1.29, 1.82) is 0 Å². The highest BCUT2D eigenvalue weighted by Gasteiger charge is 2.24. The second kappa shape index (κ2) is 5.71. The molecule has 0 amide bonds. The van der Waals surface area contributed by atoms with Crippen LogP contribution < -0.4 is 10.5 Å². The van der Waals surface area contributed by atoms with Gasteiger partial charge in [0.2, 0.25) is 0 Å². The van der Waals surface area contributed by atoms with E-state index in [1.54, 1.807) is 7.05 Å². The average molecular weight is 274 g/mol. The van der Waals surface area contributed by atoms with Crippen molar-refractivity contribution >= 4 is 15.8 Å².